The van der Waals surface area contributed by atoms with Gasteiger partial charge >= 0.3 is 0 Å². The molecular formula is C16H13Cl. The fourth-order valence-corrected chi connectivity index (χ4v) is 2.63. The Morgan fingerprint density at radius 1 is 0.941 bits per heavy atom. The van der Waals surface area contributed by atoms with Crippen molar-refractivity contribution in [2.24, 2.45) is 0 Å². The average molecular weight is 241 g/mol. The van der Waals surface area contributed by atoms with Crippen LogP contribution in [0.5, 0.6) is 0 Å². The van der Waals surface area contributed by atoms with Crippen LogP contribution in [0.25, 0.3) is 17.2 Å². The molecule has 2 aromatic rings. The van der Waals surface area contributed by atoms with Crippen molar-refractivity contribution >= 4 is 17.7 Å². The second-order valence-electron chi connectivity index (χ2n) is 4.43. The van der Waals surface area contributed by atoms with Crippen LogP contribution in [-0.4, -0.2) is 0 Å². The monoisotopic (exact) mass is 240 g/mol. The average Bonchev–Trinajstić information content (AvgIpc) is 2.67. The highest BCUT2D eigenvalue weighted by molar-refractivity contribution is 6.24. The van der Waals surface area contributed by atoms with Gasteiger partial charge in [0.15, 0.2) is 0 Å². The molecule has 1 atom stereocenters. The zero-order valence-electron chi connectivity index (χ0n) is 9.65. The maximum absolute atomic E-state index is 6.38. The lowest BCUT2D eigenvalue weighted by Crippen LogP contribution is -1.89. The summed E-state index contributed by atoms with van der Waals surface area (Å²) < 4.78 is 0. The van der Waals surface area contributed by atoms with E-state index in [-0.39, 0.29) is 5.38 Å². The molecule has 17 heavy (non-hydrogen) atoms. The van der Waals surface area contributed by atoms with E-state index in [2.05, 4.69) is 55.5 Å². The number of alkyl halides is 1. The van der Waals surface area contributed by atoms with E-state index >= 15 is 0 Å². The third-order valence-corrected chi connectivity index (χ3v) is 3.85. The first-order chi connectivity index (χ1) is 8.27. The van der Waals surface area contributed by atoms with Crippen molar-refractivity contribution in [3.63, 3.8) is 0 Å². The molecular weight excluding hydrogens is 228 g/mol. The molecule has 0 heterocycles. The van der Waals surface area contributed by atoms with Crippen molar-refractivity contribution < 1.29 is 0 Å². The molecule has 1 heteroatoms. The Morgan fingerprint density at radius 2 is 1.71 bits per heavy atom. The Bertz CT molecular complexity index is 582. The molecule has 0 radical (unpaired) electrons. The summed E-state index contributed by atoms with van der Waals surface area (Å²) in [7, 11) is 0. The molecule has 0 nitrogen and oxygen atoms in total. The van der Waals surface area contributed by atoms with Crippen molar-refractivity contribution in [3.8, 4) is 11.1 Å². The first-order valence-electron chi connectivity index (χ1n) is 5.78. The quantitative estimate of drug-likeness (QED) is 0.612. The van der Waals surface area contributed by atoms with Gasteiger partial charge in [0.25, 0.3) is 0 Å². The zero-order chi connectivity index (χ0) is 11.8. The number of rotatable bonds is 1. The smallest absolute Gasteiger partial charge is 0.0802 e. The van der Waals surface area contributed by atoms with Crippen molar-refractivity contribution in [3.05, 3.63) is 65.2 Å². The highest BCUT2D eigenvalue weighted by Crippen LogP contribution is 2.42. The van der Waals surface area contributed by atoms with Gasteiger partial charge in [-0.3, -0.25) is 0 Å². The number of halogens is 1. The molecule has 0 N–H and O–H groups in total. The topological polar surface area (TPSA) is 0 Å². The lowest BCUT2D eigenvalue weighted by molar-refractivity contribution is 1.14. The van der Waals surface area contributed by atoms with Gasteiger partial charge in [-0.15, -0.1) is 11.6 Å². The molecule has 0 aromatic heterocycles. The number of allylic oxidation sites excluding steroid dienone is 1. The van der Waals surface area contributed by atoms with Crippen LogP contribution in [0.1, 0.15) is 23.4 Å². The van der Waals surface area contributed by atoms with Crippen LogP contribution in [0, 0.1) is 0 Å². The normalized spacial score (nSPS) is 17.8. The van der Waals surface area contributed by atoms with Gasteiger partial charge in [-0.1, -0.05) is 60.2 Å². The van der Waals surface area contributed by atoms with Gasteiger partial charge in [0.05, 0.1) is 5.38 Å². The summed E-state index contributed by atoms with van der Waals surface area (Å²) in [6.07, 6.45) is 2.20. The molecule has 84 valence electrons. The van der Waals surface area contributed by atoms with Gasteiger partial charge in [-0.2, -0.15) is 0 Å². The minimum atomic E-state index is 0.0358. The standard InChI is InChI=1S/C16H13Cl/c1-11-10-15-13(12-6-3-2-4-7-12)8-5-9-14(15)16(11)17/h2-10,16H,1H3. The summed E-state index contributed by atoms with van der Waals surface area (Å²) in [5.74, 6) is 0. The molecule has 3 rings (SSSR count). The maximum atomic E-state index is 6.38. The van der Waals surface area contributed by atoms with Gasteiger partial charge in [-0.25, -0.2) is 0 Å². The van der Waals surface area contributed by atoms with Gasteiger partial charge in [-0.05, 0) is 29.2 Å². The van der Waals surface area contributed by atoms with Crippen molar-refractivity contribution in [2.45, 2.75) is 12.3 Å². The first kappa shape index (κ1) is 10.6. The summed E-state index contributed by atoms with van der Waals surface area (Å²) in [6, 6.07) is 16.8. The number of fused-ring (bicyclic) bond motifs is 1. The third kappa shape index (κ3) is 1.69. The van der Waals surface area contributed by atoms with Gasteiger partial charge in [0, 0.05) is 0 Å². The van der Waals surface area contributed by atoms with Gasteiger partial charge in [0.2, 0.25) is 0 Å². The lowest BCUT2D eigenvalue weighted by Gasteiger charge is -2.09. The van der Waals surface area contributed by atoms with E-state index in [1.54, 1.807) is 0 Å². The second-order valence-corrected chi connectivity index (χ2v) is 4.86. The third-order valence-electron chi connectivity index (χ3n) is 3.27. The minimum Gasteiger partial charge on any atom is -0.113 e. The van der Waals surface area contributed by atoms with Crippen LogP contribution < -0.4 is 0 Å². The van der Waals surface area contributed by atoms with E-state index in [0.717, 1.165) is 0 Å². The molecule has 2 aromatic carbocycles. The molecule has 1 aliphatic rings. The van der Waals surface area contributed by atoms with E-state index in [1.165, 1.54) is 27.8 Å². The first-order valence-corrected chi connectivity index (χ1v) is 6.21. The van der Waals surface area contributed by atoms with Gasteiger partial charge in [0.1, 0.15) is 0 Å². The molecule has 0 bridgehead atoms. The molecule has 0 spiro atoms. The Labute approximate surface area is 107 Å². The highest BCUT2D eigenvalue weighted by atomic mass is 35.5. The summed E-state index contributed by atoms with van der Waals surface area (Å²) in [5, 5.41) is 0.0358. The largest absolute Gasteiger partial charge is 0.113 e. The Hall–Kier alpha value is -1.53. The Kier molecular flexibility index (Phi) is 2.53. The van der Waals surface area contributed by atoms with E-state index < -0.39 is 0 Å². The van der Waals surface area contributed by atoms with Crippen LogP contribution in [0.4, 0.5) is 0 Å². The van der Waals surface area contributed by atoms with Gasteiger partial charge < -0.3 is 0 Å². The second kappa shape index (κ2) is 4.05. The SMILES string of the molecule is CC1=Cc2c(-c3ccccc3)cccc2C1Cl. The summed E-state index contributed by atoms with van der Waals surface area (Å²) in [5.41, 5.74) is 6.25. The Balaban J connectivity index is 2.22. The molecule has 0 fully saturated rings. The van der Waals surface area contributed by atoms with Crippen LogP contribution in [0.15, 0.2) is 54.1 Å². The fourth-order valence-electron chi connectivity index (χ4n) is 2.38. The molecule has 0 saturated carbocycles. The van der Waals surface area contributed by atoms with Crippen LogP contribution >= 0.6 is 11.6 Å². The van der Waals surface area contributed by atoms with E-state index in [0.29, 0.717) is 0 Å². The van der Waals surface area contributed by atoms with Crippen molar-refractivity contribution in [1.82, 2.24) is 0 Å². The van der Waals surface area contributed by atoms with Crippen LogP contribution in [0.2, 0.25) is 0 Å². The predicted molar refractivity (Wildman–Crippen MR) is 74.1 cm³/mol. The fraction of sp³-hybridized carbons (Fsp3) is 0.125. The highest BCUT2D eigenvalue weighted by Gasteiger charge is 2.22. The maximum Gasteiger partial charge on any atom is 0.0802 e. The summed E-state index contributed by atoms with van der Waals surface area (Å²) in [6.45, 7) is 2.09. The molecule has 1 aliphatic carbocycles. The molecule has 0 aliphatic heterocycles. The summed E-state index contributed by atoms with van der Waals surface area (Å²) in [4.78, 5) is 0. The van der Waals surface area contributed by atoms with E-state index in [1.807, 2.05) is 6.07 Å². The Morgan fingerprint density at radius 3 is 2.47 bits per heavy atom. The van der Waals surface area contributed by atoms with Crippen molar-refractivity contribution in [2.75, 3.05) is 0 Å². The molecule has 0 saturated heterocycles. The minimum absolute atomic E-state index is 0.0358. The van der Waals surface area contributed by atoms with E-state index in [4.69, 9.17) is 11.6 Å². The lowest BCUT2D eigenvalue weighted by atomic mass is 9.97. The molecule has 0 amide bonds. The number of hydrogen-bond donors (Lipinski definition) is 0. The van der Waals surface area contributed by atoms with Crippen molar-refractivity contribution in [1.29, 1.82) is 0 Å². The predicted octanol–water partition coefficient (Wildman–Crippen LogP) is 5.05. The number of benzene rings is 2. The van der Waals surface area contributed by atoms with Crippen LogP contribution in [0.3, 0.4) is 0 Å². The zero-order valence-corrected chi connectivity index (χ0v) is 10.4. The molecule has 1 unspecified atom stereocenters. The number of hydrogen-bond acceptors (Lipinski definition) is 0. The summed E-state index contributed by atoms with van der Waals surface area (Å²) >= 11 is 6.38. The van der Waals surface area contributed by atoms with Crippen LogP contribution in [-0.2, 0) is 0 Å². The van der Waals surface area contributed by atoms with E-state index in [9.17, 15) is 0 Å².